The maximum Gasteiger partial charge on any atom is 0.266 e. The predicted octanol–water partition coefficient (Wildman–Crippen LogP) is 11.4. The van der Waals surface area contributed by atoms with Crippen molar-refractivity contribution < 1.29 is 28.0 Å². The molecule has 8 heteroatoms. The Morgan fingerprint density at radius 1 is 0.469 bits per heavy atom. The van der Waals surface area contributed by atoms with Crippen LogP contribution in [0.5, 0.6) is 0 Å². The number of aliphatic hydroxyl groups is 2. The molecule has 0 rings (SSSR count). The Morgan fingerprint density at radius 2 is 0.735 bits per heavy atom. The molecule has 0 bridgehead atoms. The van der Waals surface area contributed by atoms with Crippen molar-refractivity contribution in [3.63, 3.8) is 0 Å². The highest BCUT2D eigenvalue weighted by Crippen LogP contribution is 2.17. The van der Waals surface area contributed by atoms with Crippen molar-refractivity contribution in [3.8, 4) is 0 Å². The van der Waals surface area contributed by atoms with Crippen molar-refractivity contribution in [3.05, 3.63) is 0 Å². The van der Waals surface area contributed by atoms with Crippen LogP contribution in [0.1, 0.15) is 232 Å². The van der Waals surface area contributed by atoms with E-state index < -0.39 is 40.0 Å². The third-order valence-corrected chi connectivity index (χ3v) is 10.9. The van der Waals surface area contributed by atoms with Gasteiger partial charge in [0.15, 0.2) is 0 Å². The minimum absolute atomic E-state index is 0.303. The molecule has 0 aromatic heterocycles. The quantitative estimate of drug-likeness (QED) is 0.0371. The van der Waals surface area contributed by atoms with E-state index in [1.54, 1.807) is 0 Å². The van der Waals surface area contributed by atoms with Crippen LogP contribution in [0.15, 0.2) is 0 Å². The third-order valence-electron chi connectivity index (χ3n) is 10.2. The average Bonchev–Trinajstić information content (AvgIpc) is 3.06. The molecule has 0 saturated carbocycles. The standard InChI is InChI=1S/C41H83NO6S/c1-3-5-7-9-11-13-15-17-19-20-21-22-24-25-27-29-31-33-35-39(43)38(37-49(46,47)48)42-41(45)40(44)36-34-32-30-28-26-23-18-16-14-12-10-8-6-4-2/h38-40,43-44H,3-37H2,1-2H3,(H,42,45)(H,46,47,48). The number of aliphatic hydroxyl groups excluding tert-OH is 2. The van der Waals surface area contributed by atoms with E-state index in [0.29, 0.717) is 12.8 Å². The second-order valence-electron chi connectivity index (χ2n) is 15.1. The van der Waals surface area contributed by atoms with E-state index in [0.717, 1.165) is 44.9 Å². The molecule has 0 aromatic rings. The zero-order chi connectivity index (χ0) is 36.3. The highest BCUT2D eigenvalue weighted by Gasteiger charge is 2.28. The van der Waals surface area contributed by atoms with E-state index >= 15 is 0 Å². The van der Waals surface area contributed by atoms with Crippen LogP contribution >= 0.6 is 0 Å². The van der Waals surface area contributed by atoms with Crippen LogP contribution in [0.3, 0.4) is 0 Å². The second-order valence-corrected chi connectivity index (χ2v) is 16.6. The SMILES string of the molecule is CCCCCCCCCCCCCCCCCCCCC(O)C(CS(=O)(=O)O)NC(=O)C(O)CCCCCCCCCCCCCCCC. The van der Waals surface area contributed by atoms with E-state index in [1.807, 2.05) is 0 Å². The number of rotatable bonds is 39. The van der Waals surface area contributed by atoms with Crippen LogP contribution in [0.25, 0.3) is 0 Å². The van der Waals surface area contributed by atoms with Gasteiger partial charge in [-0.15, -0.1) is 0 Å². The molecule has 0 spiro atoms. The molecule has 3 unspecified atom stereocenters. The zero-order valence-electron chi connectivity index (χ0n) is 32.5. The molecule has 0 aliphatic heterocycles. The van der Waals surface area contributed by atoms with Gasteiger partial charge in [0.05, 0.1) is 17.9 Å². The maximum atomic E-state index is 12.6. The molecule has 4 N–H and O–H groups in total. The molecule has 294 valence electrons. The molecule has 0 radical (unpaired) electrons. The molecule has 0 aliphatic rings. The van der Waals surface area contributed by atoms with E-state index in [-0.39, 0.29) is 0 Å². The van der Waals surface area contributed by atoms with Gasteiger partial charge in [-0.05, 0) is 12.8 Å². The Morgan fingerprint density at radius 3 is 1.02 bits per heavy atom. The highest BCUT2D eigenvalue weighted by molar-refractivity contribution is 7.85. The van der Waals surface area contributed by atoms with Crippen molar-refractivity contribution in [2.45, 2.75) is 250 Å². The molecule has 1 amide bonds. The number of carbonyl (C=O) groups is 1. The first-order chi connectivity index (χ1) is 23.7. The number of hydrogen-bond donors (Lipinski definition) is 4. The van der Waals surface area contributed by atoms with Crippen molar-refractivity contribution in [1.82, 2.24) is 5.32 Å². The second kappa shape index (κ2) is 35.7. The monoisotopic (exact) mass is 718 g/mol. The molecule has 7 nitrogen and oxygen atoms in total. The summed E-state index contributed by atoms with van der Waals surface area (Å²) in [7, 11) is -4.40. The lowest BCUT2D eigenvalue weighted by molar-refractivity contribution is -0.131. The molecular formula is C41H83NO6S. The van der Waals surface area contributed by atoms with Crippen LogP contribution in [0.4, 0.5) is 0 Å². The minimum atomic E-state index is -4.40. The van der Waals surface area contributed by atoms with Gasteiger partial charge in [-0.2, -0.15) is 8.42 Å². The molecule has 49 heavy (non-hydrogen) atoms. The van der Waals surface area contributed by atoms with E-state index in [9.17, 15) is 28.0 Å². The zero-order valence-corrected chi connectivity index (χ0v) is 33.3. The Kier molecular flexibility index (Phi) is 35.2. The van der Waals surface area contributed by atoms with Crippen molar-refractivity contribution in [2.24, 2.45) is 0 Å². The fraction of sp³-hybridized carbons (Fsp3) is 0.976. The number of nitrogens with one attached hydrogen (secondary N) is 1. The summed E-state index contributed by atoms with van der Waals surface area (Å²) >= 11 is 0. The summed E-state index contributed by atoms with van der Waals surface area (Å²) in [5.41, 5.74) is 0. The lowest BCUT2D eigenvalue weighted by atomic mass is 10.0. The summed E-state index contributed by atoms with van der Waals surface area (Å²) in [6, 6.07) is -1.14. The van der Waals surface area contributed by atoms with Gasteiger partial charge in [0.25, 0.3) is 10.1 Å². The molecular weight excluding hydrogens is 635 g/mol. The van der Waals surface area contributed by atoms with Gasteiger partial charge < -0.3 is 15.5 Å². The smallest absolute Gasteiger partial charge is 0.266 e. The molecule has 0 fully saturated rings. The fourth-order valence-electron chi connectivity index (χ4n) is 6.87. The first kappa shape index (κ1) is 48.3. The third kappa shape index (κ3) is 35.5. The molecule has 0 aliphatic carbocycles. The number of hydrogen-bond acceptors (Lipinski definition) is 5. The predicted molar refractivity (Wildman–Crippen MR) is 209 cm³/mol. The maximum absolute atomic E-state index is 12.6. The van der Waals surface area contributed by atoms with Crippen LogP contribution in [0.2, 0.25) is 0 Å². The van der Waals surface area contributed by atoms with Crippen molar-refractivity contribution >= 4 is 16.0 Å². The Labute approximate surface area is 304 Å². The molecule has 3 atom stereocenters. The minimum Gasteiger partial charge on any atom is -0.391 e. The van der Waals surface area contributed by atoms with Gasteiger partial charge >= 0.3 is 0 Å². The van der Waals surface area contributed by atoms with Crippen molar-refractivity contribution in [2.75, 3.05) is 5.75 Å². The van der Waals surface area contributed by atoms with Crippen molar-refractivity contribution in [1.29, 1.82) is 0 Å². The Bertz CT molecular complexity index is 808. The normalized spacial score (nSPS) is 13.8. The largest absolute Gasteiger partial charge is 0.391 e. The van der Waals surface area contributed by atoms with Gasteiger partial charge in [0.2, 0.25) is 5.91 Å². The van der Waals surface area contributed by atoms with Gasteiger partial charge in [-0.3, -0.25) is 9.35 Å². The Hall–Kier alpha value is -0.700. The van der Waals surface area contributed by atoms with E-state index in [4.69, 9.17) is 0 Å². The summed E-state index contributed by atoms with van der Waals surface area (Å²) < 4.78 is 32.6. The summed E-state index contributed by atoms with van der Waals surface area (Å²) in [5.74, 6) is -1.44. The fourth-order valence-corrected chi connectivity index (χ4v) is 7.63. The van der Waals surface area contributed by atoms with Crippen LogP contribution < -0.4 is 5.32 Å². The van der Waals surface area contributed by atoms with E-state index in [2.05, 4.69) is 19.2 Å². The van der Waals surface area contributed by atoms with Gasteiger partial charge in [-0.1, -0.05) is 219 Å². The van der Waals surface area contributed by atoms with Gasteiger partial charge in [0, 0.05) is 0 Å². The summed E-state index contributed by atoms with van der Waals surface area (Å²) in [4.78, 5) is 12.6. The topological polar surface area (TPSA) is 124 Å². The van der Waals surface area contributed by atoms with E-state index in [1.165, 1.54) is 161 Å². The molecule has 0 heterocycles. The Balaban J connectivity index is 3.92. The average molecular weight is 718 g/mol. The molecule has 0 saturated heterocycles. The summed E-state index contributed by atoms with van der Waals surface area (Å²) in [5, 5.41) is 23.5. The van der Waals surface area contributed by atoms with Crippen LogP contribution in [-0.4, -0.2) is 53.1 Å². The van der Waals surface area contributed by atoms with Crippen LogP contribution in [0, 0.1) is 0 Å². The highest BCUT2D eigenvalue weighted by atomic mass is 32.2. The number of carbonyl (C=O) groups excluding carboxylic acids is 1. The first-order valence-electron chi connectivity index (χ1n) is 21.3. The number of amides is 1. The first-order valence-corrected chi connectivity index (χ1v) is 22.9. The summed E-state index contributed by atoms with van der Waals surface area (Å²) in [6.07, 6.45) is 38.3. The van der Waals surface area contributed by atoms with Crippen LogP contribution in [-0.2, 0) is 14.9 Å². The lowest BCUT2D eigenvalue weighted by Gasteiger charge is -2.24. The van der Waals surface area contributed by atoms with Gasteiger partial charge in [-0.25, -0.2) is 0 Å². The lowest BCUT2D eigenvalue weighted by Crippen LogP contribution is -2.50. The molecule has 0 aromatic carbocycles. The van der Waals surface area contributed by atoms with Gasteiger partial charge in [0.1, 0.15) is 6.10 Å². The summed E-state index contributed by atoms with van der Waals surface area (Å²) in [6.45, 7) is 4.52. The number of unbranched alkanes of at least 4 members (excludes halogenated alkanes) is 30.